The molecule has 0 spiro atoms. The molecule has 0 aliphatic heterocycles. The molecular formula is C14H16N. The molecule has 2 rings (SSSR count). The van der Waals surface area contributed by atoms with Gasteiger partial charge in [-0.2, -0.15) is 0 Å². The van der Waals surface area contributed by atoms with Crippen LogP contribution in [0, 0.1) is 6.07 Å². The zero-order valence-corrected chi connectivity index (χ0v) is 9.49. The molecule has 1 nitrogen and oxygen atoms in total. The van der Waals surface area contributed by atoms with Crippen LogP contribution in [0.4, 0.5) is 0 Å². The number of fused-ring (bicyclic) bond motifs is 1. The van der Waals surface area contributed by atoms with Crippen LogP contribution in [0.15, 0.2) is 36.4 Å². The Morgan fingerprint density at radius 3 is 2.60 bits per heavy atom. The third-order valence-corrected chi connectivity index (χ3v) is 2.95. The molecule has 15 heavy (non-hydrogen) atoms. The van der Waals surface area contributed by atoms with Crippen molar-refractivity contribution < 1.29 is 0 Å². The highest BCUT2D eigenvalue weighted by atomic mass is 15.1. The maximum Gasteiger partial charge on any atom is 0.0326 e. The number of nitrogens with zero attached hydrogens (tertiary/aromatic N) is 1. The van der Waals surface area contributed by atoms with E-state index in [0.717, 1.165) is 0 Å². The van der Waals surface area contributed by atoms with Crippen LogP contribution in [0.2, 0.25) is 0 Å². The summed E-state index contributed by atoms with van der Waals surface area (Å²) in [5.41, 5.74) is 1.28. The minimum Gasteiger partial charge on any atom is -0.303 e. The topological polar surface area (TPSA) is 3.24 Å². The lowest BCUT2D eigenvalue weighted by molar-refractivity contribution is 0.322. The van der Waals surface area contributed by atoms with Crippen LogP contribution in [0.25, 0.3) is 10.8 Å². The standard InChI is InChI=1S/C14H16N/c1-11(15(2)3)13-10-6-8-12-7-4-5-9-14(12)13/h4-9,11H,1-3H3/t11-/m0/s1. The first kappa shape index (κ1) is 10.2. The van der Waals surface area contributed by atoms with E-state index >= 15 is 0 Å². The summed E-state index contributed by atoms with van der Waals surface area (Å²) < 4.78 is 0. The van der Waals surface area contributed by atoms with Gasteiger partial charge in [-0.1, -0.05) is 36.4 Å². The van der Waals surface area contributed by atoms with Crippen molar-refractivity contribution in [3.8, 4) is 0 Å². The molecule has 1 atom stereocenters. The van der Waals surface area contributed by atoms with E-state index in [0.29, 0.717) is 6.04 Å². The average molecular weight is 198 g/mol. The van der Waals surface area contributed by atoms with Crippen molar-refractivity contribution in [3.05, 3.63) is 48.0 Å². The van der Waals surface area contributed by atoms with Crippen LogP contribution in [0.1, 0.15) is 18.5 Å². The van der Waals surface area contributed by atoms with E-state index < -0.39 is 0 Å². The highest BCUT2D eigenvalue weighted by Crippen LogP contribution is 2.25. The van der Waals surface area contributed by atoms with Gasteiger partial charge in [-0.3, -0.25) is 0 Å². The fourth-order valence-electron chi connectivity index (χ4n) is 1.79. The zero-order valence-electron chi connectivity index (χ0n) is 9.49. The maximum absolute atomic E-state index is 3.35. The van der Waals surface area contributed by atoms with Gasteiger partial charge in [0.2, 0.25) is 0 Å². The van der Waals surface area contributed by atoms with Gasteiger partial charge in [0, 0.05) is 6.04 Å². The molecule has 0 aliphatic carbocycles. The second kappa shape index (κ2) is 4.03. The highest BCUT2D eigenvalue weighted by Gasteiger charge is 2.10. The van der Waals surface area contributed by atoms with Gasteiger partial charge in [0.1, 0.15) is 0 Å². The van der Waals surface area contributed by atoms with Crippen molar-refractivity contribution in [3.63, 3.8) is 0 Å². The molecule has 0 amide bonds. The molecule has 0 N–H and O–H groups in total. The van der Waals surface area contributed by atoms with Gasteiger partial charge >= 0.3 is 0 Å². The fraction of sp³-hybridized carbons (Fsp3) is 0.286. The normalized spacial score (nSPS) is 13.3. The van der Waals surface area contributed by atoms with Crippen molar-refractivity contribution in [1.29, 1.82) is 0 Å². The van der Waals surface area contributed by atoms with Crippen molar-refractivity contribution in [2.24, 2.45) is 0 Å². The Kier molecular flexibility index (Phi) is 2.74. The van der Waals surface area contributed by atoms with E-state index in [2.05, 4.69) is 62.3 Å². The molecule has 0 heterocycles. The van der Waals surface area contributed by atoms with Crippen LogP contribution in [-0.4, -0.2) is 19.0 Å². The summed E-state index contributed by atoms with van der Waals surface area (Å²) in [7, 11) is 4.20. The fourth-order valence-corrected chi connectivity index (χ4v) is 1.79. The van der Waals surface area contributed by atoms with Crippen molar-refractivity contribution >= 4 is 10.8 Å². The first-order valence-corrected chi connectivity index (χ1v) is 5.26. The lowest BCUT2D eigenvalue weighted by Gasteiger charge is -2.21. The molecule has 1 heteroatoms. The van der Waals surface area contributed by atoms with Crippen molar-refractivity contribution in [2.45, 2.75) is 13.0 Å². The smallest absolute Gasteiger partial charge is 0.0326 e. The van der Waals surface area contributed by atoms with E-state index in [-0.39, 0.29) is 0 Å². The number of hydrogen-bond donors (Lipinski definition) is 0. The second-order valence-corrected chi connectivity index (χ2v) is 4.12. The first-order chi connectivity index (χ1) is 7.20. The summed E-state index contributed by atoms with van der Waals surface area (Å²) in [5.74, 6) is 0. The molecule has 77 valence electrons. The third kappa shape index (κ3) is 1.88. The molecule has 1 radical (unpaired) electrons. The van der Waals surface area contributed by atoms with E-state index in [1.165, 1.54) is 16.3 Å². The average Bonchev–Trinajstić information content (AvgIpc) is 2.27. The summed E-state index contributed by atoms with van der Waals surface area (Å²) in [6, 6.07) is 16.4. The van der Waals surface area contributed by atoms with Crippen molar-refractivity contribution in [2.75, 3.05) is 14.1 Å². The Hall–Kier alpha value is -1.34. The Bertz CT molecular complexity index is 454. The lowest BCUT2D eigenvalue weighted by Crippen LogP contribution is -2.17. The molecule has 0 fully saturated rings. The number of benzene rings is 2. The molecule has 0 bridgehead atoms. The van der Waals surface area contributed by atoms with Gasteiger partial charge in [-0.05, 0) is 43.4 Å². The summed E-state index contributed by atoms with van der Waals surface area (Å²) in [4.78, 5) is 2.21. The summed E-state index contributed by atoms with van der Waals surface area (Å²) in [6.07, 6.45) is 0. The van der Waals surface area contributed by atoms with E-state index in [1.807, 2.05) is 6.07 Å². The van der Waals surface area contributed by atoms with Gasteiger partial charge in [0.05, 0.1) is 0 Å². The Labute approximate surface area is 91.3 Å². The number of hydrogen-bond acceptors (Lipinski definition) is 1. The lowest BCUT2D eigenvalue weighted by atomic mass is 9.99. The monoisotopic (exact) mass is 198 g/mol. The van der Waals surface area contributed by atoms with Crippen LogP contribution >= 0.6 is 0 Å². The van der Waals surface area contributed by atoms with Gasteiger partial charge in [0.25, 0.3) is 0 Å². The molecule has 0 saturated heterocycles. The molecule has 0 aliphatic rings. The second-order valence-electron chi connectivity index (χ2n) is 4.12. The van der Waals surface area contributed by atoms with Gasteiger partial charge in [-0.15, -0.1) is 0 Å². The highest BCUT2D eigenvalue weighted by molar-refractivity contribution is 5.85. The van der Waals surface area contributed by atoms with Gasteiger partial charge in [0.15, 0.2) is 0 Å². The maximum atomic E-state index is 3.35. The van der Waals surface area contributed by atoms with Gasteiger partial charge < -0.3 is 4.90 Å². The molecule has 0 unspecified atom stereocenters. The largest absolute Gasteiger partial charge is 0.303 e. The Morgan fingerprint density at radius 1 is 1.13 bits per heavy atom. The zero-order chi connectivity index (χ0) is 10.8. The van der Waals surface area contributed by atoms with Crippen LogP contribution in [0.5, 0.6) is 0 Å². The van der Waals surface area contributed by atoms with E-state index in [4.69, 9.17) is 0 Å². The van der Waals surface area contributed by atoms with Crippen molar-refractivity contribution in [1.82, 2.24) is 4.90 Å². The molecular weight excluding hydrogens is 182 g/mol. The van der Waals surface area contributed by atoms with Crippen LogP contribution in [0.3, 0.4) is 0 Å². The Morgan fingerprint density at radius 2 is 1.87 bits per heavy atom. The molecule has 2 aromatic carbocycles. The minimum atomic E-state index is 0.399. The SMILES string of the molecule is C[C@@H](c1[c]ccc2ccccc12)N(C)C. The van der Waals surface area contributed by atoms with Crippen LogP contribution in [-0.2, 0) is 0 Å². The third-order valence-electron chi connectivity index (χ3n) is 2.95. The predicted octanol–water partition coefficient (Wildman–Crippen LogP) is 3.26. The van der Waals surface area contributed by atoms with E-state index in [9.17, 15) is 0 Å². The quantitative estimate of drug-likeness (QED) is 0.716. The minimum absolute atomic E-state index is 0.399. The molecule has 0 aromatic heterocycles. The number of rotatable bonds is 2. The summed E-state index contributed by atoms with van der Waals surface area (Å²) >= 11 is 0. The van der Waals surface area contributed by atoms with E-state index in [1.54, 1.807) is 0 Å². The Balaban J connectivity index is 2.60. The molecule has 2 aromatic rings. The summed E-state index contributed by atoms with van der Waals surface area (Å²) in [6.45, 7) is 2.21. The summed E-state index contributed by atoms with van der Waals surface area (Å²) in [5, 5.41) is 2.60. The van der Waals surface area contributed by atoms with Crippen LogP contribution < -0.4 is 0 Å². The first-order valence-electron chi connectivity index (χ1n) is 5.26. The molecule has 0 saturated carbocycles. The van der Waals surface area contributed by atoms with Gasteiger partial charge in [-0.25, -0.2) is 0 Å². The predicted molar refractivity (Wildman–Crippen MR) is 64.9 cm³/mol.